The van der Waals surface area contributed by atoms with E-state index in [-0.39, 0.29) is 0 Å². The smallest absolute Gasteiger partial charge is 0.144 e. The maximum Gasteiger partial charge on any atom is 0.144 e. The molecule has 13 heavy (non-hydrogen) atoms. The van der Waals surface area contributed by atoms with Gasteiger partial charge in [-0.25, -0.2) is 0 Å². The van der Waals surface area contributed by atoms with Gasteiger partial charge in [0, 0.05) is 11.5 Å². The van der Waals surface area contributed by atoms with Crippen LogP contribution in [0.5, 0.6) is 5.75 Å². The quantitative estimate of drug-likeness (QED) is 0.757. The van der Waals surface area contributed by atoms with E-state index in [2.05, 4.69) is 27.0 Å². The third kappa shape index (κ3) is 3.19. The van der Waals surface area contributed by atoms with Crippen molar-refractivity contribution in [2.75, 3.05) is 12.4 Å². The summed E-state index contributed by atoms with van der Waals surface area (Å²) in [6.45, 7) is 0. The first-order chi connectivity index (χ1) is 6.38. The normalized spacial score (nSPS) is 10.6. The SMILES string of the molecule is COc1cccnc1/C=C/CCBr. The summed E-state index contributed by atoms with van der Waals surface area (Å²) < 4.78 is 5.15. The monoisotopic (exact) mass is 241 g/mol. The average molecular weight is 242 g/mol. The third-order valence-corrected chi connectivity index (χ3v) is 2.03. The molecule has 3 heteroatoms. The molecule has 0 aliphatic carbocycles. The van der Waals surface area contributed by atoms with Gasteiger partial charge in [0.2, 0.25) is 0 Å². The average Bonchev–Trinajstić information content (AvgIpc) is 2.19. The molecule has 0 atom stereocenters. The van der Waals surface area contributed by atoms with E-state index >= 15 is 0 Å². The number of halogens is 1. The second-order valence-corrected chi connectivity index (χ2v) is 3.26. The van der Waals surface area contributed by atoms with Crippen LogP contribution in [0, 0.1) is 0 Å². The minimum Gasteiger partial charge on any atom is -0.494 e. The lowest BCUT2D eigenvalue weighted by Gasteiger charge is -2.01. The zero-order valence-electron chi connectivity index (χ0n) is 7.53. The first-order valence-electron chi connectivity index (χ1n) is 4.10. The second-order valence-electron chi connectivity index (χ2n) is 2.47. The molecule has 2 nitrogen and oxygen atoms in total. The Kier molecular flexibility index (Phi) is 4.54. The van der Waals surface area contributed by atoms with E-state index in [4.69, 9.17) is 4.74 Å². The molecule has 0 unspecified atom stereocenters. The highest BCUT2D eigenvalue weighted by molar-refractivity contribution is 9.09. The van der Waals surface area contributed by atoms with Crippen molar-refractivity contribution in [2.24, 2.45) is 0 Å². The maximum atomic E-state index is 5.15. The van der Waals surface area contributed by atoms with Crippen molar-refractivity contribution in [3.63, 3.8) is 0 Å². The van der Waals surface area contributed by atoms with E-state index in [1.54, 1.807) is 13.3 Å². The van der Waals surface area contributed by atoms with Crippen LogP contribution in [0.2, 0.25) is 0 Å². The molecular weight excluding hydrogens is 230 g/mol. The maximum absolute atomic E-state index is 5.15. The highest BCUT2D eigenvalue weighted by Gasteiger charge is 1.96. The Bertz CT molecular complexity index is 286. The Hall–Kier alpha value is -0.830. The van der Waals surface area contributed by atoms with Crippen LogP contribution < -0.4 is 4.74 Å². The zero-order valence-corrected chi connectivity index (χ0v) is 9.12. The standard InChI is InChI=1S/C10H12BrNO/c1-13-10-6-4-8-12-9(10)5-2-3-7-11/h2,4-6,8H,3,7H2,1H3/b5-2+. The number of methoxy groups -OCH3 is 1. The molecule has 1 rings (SSSR count). The molecule has 1 aromatic heterocycles. The van der Waals surface area contributed by atoms with Gasteiger partial charge < -0.3 is 4.74 Å². The number of aromatic nitrogens is 1. The second kappa shape index (κ2) is 5.75. The lowest BCUT2D eigenvalue weighted by atomic mass is 10.3. The Morgan fingerprint density at radius 2 is 2.46 bits per heavy atom. The molecule has 1 heterocycles. The van der Waals surface area contributed by atoms with Crippen LogP contribution in [0.25, 0.3) is 6.08 Å². The predicted molar refractivity (Wildman–Crippen MR) is 58.2 cm³/mol. The molecule has 0 aliphatic heterocycles. The minimum absolute atomic E-state index is 0.813. The van der Waals surface area contributed by atoms with Crippen LogP contribution in [0.15, 0.2) is 24.4 Å². The molecule has 0 amide bonds. The van der Waals surface area contributed by atoms with Crippen LogP contribution >= 0.6 is 15.9 Å². The number of hydrogen-bond donors (Lipinski definition) is 0. The van der Waals surface area contributed by atoms with Gasteiger partial charge in [-0.15, -0.1) is 0 Å². The molecule has 0 spiro atoms. The van der Waals surface area contributed by atoms with Gasteiger partial charge in [0.25, 0.3) is 0 Å². The molecule has 0 N–H and O–H groups in total. The van der Waals surface area contributed by atoms with E-state index < -0.39 is 0 Å². The van der Waals surface area contributed by atoms with Crippen molar-refractivity contribution in [3.05, 3.63) is 30.1 Å². The first-order valence-corrected chi connectivity index (χ1v) is 5.22. The van der Waals surface area contributed by atoms with E-state index in [9.17, 15) is 0 Å². The van der Waals surface area contributed by atoms with Gasteiger partial charge in [-0.1, -0.05) is 22.0 Å². The van der Waals surface area contributed by atoms with Gasteiger partial charge in [0.1, 0.15) is 11.4 Å². The summed E-state index contributed by atoms with van der Waals surface area (Å²) >= 11 is 3.36. The Morgan fingerprint density at radius 3 is 3.15 bits per heavy atom. The Morgan fingerprint density at radius 1 is 1.62 bits per heavy atom. The summed E-state index contributed by atoms with van der Waals surface area (Å²) in [5.74, 6) is 0.813. The van der Waals surface area contributed by atoms with Crippen LogP contribution in [-0.2, 0) is 0 Å². The molecular formula is C10H12BrNO. The van der Waals surface area contributed by atoms with Crippen molar-refractivity contribution in [2.45, 2.75) is 6.42 Å². The van der Waals surface area contributed by atoms with Crippen molar-refractivity contribution in [1.82, 2.24) is 4.98 Å². The number of pyridine rings is 1. The van der Waals surface area contributed by atoms with Gasteiger partial charge >= 0.3 is 0 Å². The molecule has 0 radical (unpaired) electrons. The van der Waals surface area contributed by atoms with Gasteiger partial charge in [0.15, 0.2) is 0 Å². The zero-order chi connectivity index (χ0) is 9.52. The summed E-state index contributed by atoms with van der Waals surface area (Å²) in [4.78, 5) is 4.19. The summed E-state index contributed by atoms with van der Waals surface area (Å²) in [6, 6.07) is 3.77. The fourth-order valence-electron chi connectivity index (χ4n) is 0.958. The van der Waals surface area contributed by atoms with Gasteiger partial charge in [-0.3, -0.25) is 4.98 Å². The topological polar surface area (TPSA) is 22.1 Å². The fraction of sp³-hybridized carbons (Fsp3) is 0.300. The molecule has 0 fully saturated rings. The number of ether oxygens (including phenoxy) is 1. The lowest BCUT2D eigenvalue weighted by molar-refractivity contribution is 0.412. The van der Waals surface area contributed by atoms with Crippen molar-refractivity contribution in [1.29, 1.82) is 0 Å². The van der Waals surface area contributed by atoms with Crippen molar-refractivity contribution in [3.8, 4) is 5.75 Å². The molecule has 0 saturated carbocycles. The van der Waals surface area contributed by atoms with E-state index in [0.29, 0.717) is 0 Å². The molecule has 0 aliphatic rings. The number of rotatable bonds is 4. The predicted octanol–water partition coefficient (Wildman–Crippen LogP) is 2.89. The third-order valence-electron chi connectivity index (χ3n) is 1.57. The van der Waals surface area contributed by atoms with Crippen LogP contribution in [0.4, 0.5) is 0 Å². The Balaban J connectivity index is 2.74. The van der Waals surface area contributed by atoms with Gasteiger partial charge in [0.05, 0.1) is 7.11 Å². The summed E-state index contributed by atoms with van der Waals surface area (Å²) in [7, 11) is 1.65. The summed E-state index contributed by atoms with van der Waals surface area (Å²) in [5.41, 5.74) is 0.881. The van der Waals surface area contributed by atoms with Gasteiger partial charge in [-0.05, 0) is 24.6 Å². The van der Waals surface area contributed by atoms with E-state index in [0.717, 1.165) is 23.2 Å². The highest BCUT2D eigenvalue weighted by atomic mass is 79.9. The van der Waals surface area contributed by atoms with Crippen LogP contribution in [-0.4, -0.2) is 17.4 Å². The van der Waals surface area contributed by atoms with Crippen molar-refractivity contribution < 1.29 is 4.74 Å². The molecule has 0 saturated heterocycles. The Labute approximate surface area is 86.8 Å². The molecule has 70 valence electrons. The van der Waals surface area contributed by atoms with Crippen LogP contribution in [0.1, 0.15) is 12.1 Å². The number of allylic oxidation sites excluding steroid dienone is 1. The molecule has 0 aromatic carbocycles. The number of alkyl halides is 1. The number of nitrogens with zero attached hydrogens (tertiary/aromatic N) is 1. The first kappa shape index (κ1) is 10.3. The lowest BCUT2D eigenvalue weighted by Crippen LogP contribution is -1.88. The number of hydrogen-bond acceptors (Lipinski definition) is 2. The van der Waals surface area contributed by atoms with Crippen LogP contribution in [0.3, 0.4) is 0 Å². The highest BCUT2D eigenvalue weighted by Crippen LogP contribution is 2.15. The minimum atomic E-state index is 0.813. The summed E-state index contributed by atoms with van der Waals surface area (Å²) in [6.07, 6.45) is 6.80. The van der Waals surface area contributed by atoms with Crippen molar-refractivity contribution >= 4 is 22.0 Å². The van der Waals surface area contributed by atoms with E-state index in [1.807, 2.05) is 18.2 Å². The van der Waals surface area contributed by atoms with E-state index in [1.165, 1.54) is 0 Å². The molecule has 0 bridgehead atoms. The largest absolute Gasteiger partial charge is 0.494 e. The fourth-order valence-corrected chi connectivity index (χ4v) is 1.22. The summed E-state index contributed by atoms with van der Waals surface area (Å²) in [5, 5.41) is 0.971. The molecule has 1 aromatic rings. The van der Waals surface area contributed by atoms with Gasteiger partial charge in [-0.2, -0.15) is 0 Å².